The Morgan fingerprint density at radius 3 is 2.40 bits per heavy atom. The molecule has 2 rings (SSSR count). The van der Waals surface area contributed by atoms with Gasteiger partial charge in [0, 0.05) is 11.8 Å². The second-order valence-corrected chi connectivity index (χ2v) is 6.03. The van der Waals surface area contributed by atoms with Gasteiger partial charge in [0.25, 0.3) is 5.69 Å². The van der Waals surface area contributed by atoms with E-state index < -0.39 is 34.4 Å². The fourth-order valence-electron chi connectivity index (χ4n) is 2.60. The molecule has 30 heavy (non-hydrogen) atoms. The van der Waals surface area contributed by atoms with Crippen LogP contribution in [-0.2, 0) is 15.7 Å². The van der Waals surface area contributed by atoms with Gasteiger partial charge in [0.2, 0.25) is 0 Å². The summed E-state index contributed by atoms with van der Waals surface area (Å²) >= 11 is 0. The van der Waals surface area contributed by atoms with Crippen molar-refractivity contribution < 1.29 is 32.4 Å². The Morgan fingerprint density at radius 2 is 1.90 bits per heavy atom. The van der Waals surface area contributed by atoms with Gasteiger partial charge >= 0.3 is 12.1 Å². The van der Waals surface area contributed by atoms with Crippen LogP contribution in [0.2, 0.25) is 0 Å². The summed E-state index contributed by atoms with van der Waals surface area (Å²) in [6, 6.07) is 8.23. The second-order valence-electron chi connectivity index (χ2n) is 6.03. The highest BCUT2D eigenvalue weighted by Gasteiger charge is 2.34. The first-order chi connectivity index (χ1) is 14.1. The summed E-state index contributed by atoms with van der Waals surface area (Å²) in [5.41, 5.74) is -1.59. The molecule has 0 amide bonds. The maximum Gasteiger partial charge on any atom is 0.416 e. The van der Waals surface area contributed by atoms with Gasteiger partial charge in [-0.1, -0.05) is 5.92 Å². The van der Waals surface area contributed by atoms with Crippen molar-refractivity contribution in [2.75, 3.05) is 18.6 Å². The van der Waals surface area contributed by atoms with Crippen molar-refractivity contribution in [1.29, 1.82) is 0 Å². The Hall–Kier alpha value is -3.74. The quantitative estimate of drug-likeness (QED) is 0.286. The first-order valence-electron chi connectivity index (χ1n) is 8.49. The number of benzene rings is 2. The molecule has 7 nitrogen and oxygen atoms in total. The van der Waals surface area contributed by atoms with Crippen molar-refractivity contribution in [2.24, 2.45) is 0 Å². The first kappa shape index (κ1) is 22.5. The van der Waals surface area contributed by atoms with E-state index in [2.05, 4.69) is 10.7 Å². The van der Waals surface area contributed by atoms with Crippen LogP contribution in [0.5, 0.6) is 5.75 Å². The fourth-order valence-corrected chi connectivity index (χ4v) is 2.60. The molecule has 0 aliphatic carbocycles. The second kappa shape index (κ2) is 9.17. The highest BCUT2D eigenvalue weighted by molar-refractivity contribution is 5.75. The molecule has 10 heteroatoms. The van der Waals surface area contributed by atoms with Gasteiger partial charge < -0.3 is 14.4 Å². The molecule has 0 N–H and O–H groups in total. The Bertz CT molecular complexity index is 968. The molecule has 0 aliphatic rings. The van der Waals surface area contributed by atoms with Crippen LogP contribution in [0.1, 0.15) is 12.5 Å². The van der Waals surface area contributed by atoms with E-state index in [-0.39, 0.29) is 12.2 Å². The lowest BCUT2D eigenvalue weighted by Gasteiger charge is -2.23. The zero-order chi connectivity index (χ0) is 22.5. The Morgan fingerprint density at radius 1 is 1.27 bits per heavy atom. The molecule has 0 aromatic heterocycles. The number of carbonyl (C=O) groups is 1. The maximum absolute atomic E-state index is 13.0. The number of methoxy groups -OCH3 is 1. The zero-order valence-corrected chi connectivity index (χ0v) is 16.0. The molecule has 0 aliphatic heterocycles. The molecule has 2 aromatic carbocycles. The van der Waals surface area contributed by atoms with Crippen LogP contribution in [0.25, 0.3) is 0 Å². The number of anilines is 2. The molecule has 1 atom stereocenters. The number of hydrogen-bond acceptors (Lipinski definition) is 6. The van der Waals surface area contributed by atoms with Crippen LogP contribution in [0, 0.1) is 22.5 Å². The minimum atomic E-state index is -4.73. The predicted octanol–water partition coefficient (Wildman–Crippen LogP) is 4.33. The average Bonchev–Trinajstić information content (AvgIpc) is 2.71. The number of terminal acetylenes is 1. The lowest BCUT2D eigenvalue weighted by molar-refractivity contribution is -0.384. The van der Waals surface area contributed by atoms with Crippen LogP contribution in [-0.4, -0.2) is 30.7 Å². The first-order valence-corrected chi connectivity index (χ1v) is 8.49. The van der Waals surface area contributed by atoms with Gasteiger partial charge in [0.1, 0.15) is 11.4 Å². The molecule has 158 valence electrons. The molecule has 0 spiro atoms. The van der Waals surface area contributed by atoms with E-state index in [1.807, 2.05) is 0 Å². The van der Waals surface area contributed by atoms with Gasteiger partial charge in [-0.05, 0) is 43.3 Å². The molecule has 0 fully saturated rings. The zero-order valence-electron chi connectivity index (χ0n) is 16.0. The van der Waals surface area contributed by atoms with Crippen LogP contribution in [0.3, 0.4) is 0 Å². The SMILES string of the molecule is C#CCN(c1ccc(OC(C)C(=O)OC)cc1)c1ccc(C(F)(F)F)cc1[N+](=O)[O-]. The van der Waals surface area contributed by atoms with Gasteiger partial charge in [-0.3, -0.25) is 10.1 Å². The lowest BCUT2D eigenvalue weighted by Crippen LogP contribution is -2.25. The molecule has 0 bridgehead atoms. The number of ether oxygens (including phenoxy) is 2. The monoisotopic (exact) mass is 422 g/mol. The van der Waals surface area contributed by atoms with Crippen LogP contribution < -0.4 is 9.64 Å². The molecule has 0 heterocycles. The molecular weight excluding hydrogens is 405 g/mol. The van der Waals surface area contributed by atoms with Gasteiger partial charge in [0.05, 0.1) is 24.1 Å². The predicted molar refractivity (Wildman–Crippen MR) is 102 cm³/mol. The third-order valence-electron chi connectivity index (χ3n) is 4.03. The van der Waals surface area contributed by atoms with E-state index in [0.29, 0.717) is 17.5 Å². The summed E-state index contributed by atoms with van der Waals surface area (Å²) < 4.78 is 48.8. The highest BCUT2D eigenvalue weighted by Crippen LogP contribution is 2.39. The third-order valence-corrected chi connectivity index (χ3v) is 4.03. The Labute approximate surface area is 170 Å². The van der Waals surface area contributed by atoms with Crippen LogP contribution >= 0.6 is 0 Å². The Balaban J connectivity index is 2.42. The average molecular weight is 422 g/mol. The largest absolute Gasteiger partial charge is 0.479 e. The molecule has 0 saturated heterocycles. The van der Waals surface area contributed by atoms with E-state index in [4.69, 9.17) is 11.2 Å². The van der Waals surface area contributed by atoms with Gasteiger partial charge in [-0.25, -0.2) is 4.79 Å². The number of hydrogen-bond donors (Lipinski definition) is 0. The number of nitrogens with zero attached hydrogens (tertiary/aromatic N) is 2. The number of nitro groups is 1. The molecule has 0 radical (unpaired) electrons. The van der Waals surface area contributed by atoms with Crippen LogP contribution in [0.15, 0.2) is 42.5 Å². The van der Waals surface area contributed by atoms with Crippen molar-refractivity contribution in [1.82, 2.24) is 0 Å². The van der Waals surface area contributed by atoms with Crippen LogP contribution in [0.4, 0.5) is 30.2 Å². The van der Waals surface area contributed by atoms with E-state index in [1.165, 1.54) is 43.2 Å². The third kappa shape index (κ3) is 5.20. The van der Waals surface area contributed by atoms with E-state index in [1.54, 1.807) is 0 Å². The summed E-state index contributed by atoms with van der Waals surface area (Å²) in [4.78, 5) is 23.3. The van der Waals surface area contributed by atoms with Gasteiger partial charge in [0.15, 0.2) is 6.10 Å². The summed E-state index contributed by atoms with van der Waals surface area (Å²) in [6.45, 7) is 1.36. The normalized spacial score (nSPS) is 11.9. The number of carbonyl (C=O) groups excluding carboxylic acids is 1. The number of nitro benzene ring substituents is 1. The molecule has 0 saturated carbocycles. The van der Waals surface area contributed by atoms with Crippen molar-refractivity contribution in [3.05, 3.63) is 58.1 Å². The summed E-state index contributed by atoms with van der Waals surface area (Å²) in [7, 11) is 1.22. The molecule has 1 unspecified atom stereocenters. The van der Waals surface area contributed by atoms with E-state index in [9.17, 15) is 28.1 Å². The molecular formula is C20H17F3N2O5. The van der Waals surface area contributed by atoms with E-state index >= 15 is 0 Å². The van der Waals surface area contributed by atoms with Crippen molar-refractivity contribution >= 4 is 23.0 Å². The number of esters is 1. The Kier molecular flexibility index (Phi) is 6.89. The van der Waals surface area contributed by atoms with Crippen molar-refractivity contribution in [3.8, 4) is 18.1 Å². The minimum Gasteiger partial charge on any atom is -0.479 e. The highest BCUT2D eigenvalue weighted by atomic mass is 19.4. The van der Waals surface area contributed by atoms with E-state index in [0.717, 1.165) is 12.1 Å². The molecule has 2 aromatic rings. The lowest BCUT2D eigenvalue weighted by atomic mass is 10.1. The van der Waals surface area contributed by atoms with Crippen molar-refractivity contribution in [2.45, 2.75) is 19.2 Å². The summed E-state index contributed by atoms with van der Waals surface area (Å²) in [6.07, 6.45) is -0.233. The van der Waals surface area contributed by atoms with Gasteiger partial charge in [-0.15, -0.1) is 6.42 Å². The van der Waals surface area contributed by atoms with Crippen molar-refractivity contribution in [3.63, 3.8) is 0 Å². The summed E-state index contributed by atoms with van der Waals surface area (Å²) in [5.74, 6) is 2.08. The summed E-state index contributed by atoms with van der Waals surface area (Å²) in [5, 5.41) is 11.4. The number of halogens is 3. The maximum atomic E-state index is 13.0. The topological polar surface area (TPSA) is 81.9 Å². The number of rotatable bonds is 7. The fraction of sp³-hybridized carbons (Fsp3) is 0.250. The standard InChI is InChI=1S/C20H17F3N2O5/c1-4-11-24(15-6-8-16(9-7-15)30-13(2)19(26)29-3)17-10-5-14(20(21,22)23)12-18(17)25(27)28/h1,5-10,12-13H,11H2,2-3H3. The smallest absolute Gasteiger partial charge is 0.416 e. The number of alkyl halides is 3. The van der Waals surface area contributed by atoms with Gasteiger partial charge in [-0.2, -0.15) is 13.2 Å². The minimum absolute atomic E-state index is 0.0949.